The summed E-state index contributed by atoms with van der Waals surface area (Å²) in [6.07, 6.45) is 0.902. The van der Waals surface area contributed by atoms with Crippen LogP contribution in [0.25, 0.3) is 0 Å². The molecule has 2 heterocycles. The van der Waals surface area contributed by atoms with E-state index >= 15 is 0 Å². The van der Waals surface area contributed by atoms with Crippen molar-refractivity contribution in [3.05, 3.63) is 11.3 Å². The Hall–Kier alpha value is -0.780. The number of aryl methyl sites for hydroxylation is 2. The topological polar surface area (TPSA) is 50.2 Å². The van der Waals surface area contributed by atoms with Crippen LogP contribution < -0.4 is 10.2 Å². The number of carbonyl (C=O) groups is 1. The van der Waals surface area contributed by atoms with E-state index in [1.165, 1.54) is 0 Å². The molecular weight excluding hydrogens is 263 g/mol. The Balaban J connectivity index is 0.00000128. The summed E-state index contributed by atoms with van der Waals surface area (Å²) in [6, 6.07) is 0. The molecular formula is C10H18Cl2N4O. The molecule has 0 aliphatic carbocycles. The van der Waals surface area contributed by atoms with E-state index < -0.39 is 0 Å². The van der Waals surface area contributed by atoms with E-state index in [1.807, 2.05) is 14.0 Å². The van der Waals surface area contributed by atoms with Gasteiger partial charge in [0.05, 0.1) is 11.3 Å². The van der Waals surface area contributed by atoms with Crippen molar-refractivity contribution < 1.29 is 4.79 Å². The highest BCUT2D eigenvalue weighted by atomic mass is 35.5. The fourth-order valence-corrected chi connectivity index (χ4v) is 2.05. The molecule has 0 radical (unpaired) electrons. The number of hydrogen-bond donors (Lipinski definition) is 1. The Morgan fingerprint density at radius 1 is 1.29 bits per heavy atom. The number of nitrogens with zero attached hydrogens (tertiary/aromatic N) is 3. The molecule has 5 nitrogen and oxygen atoms in total. The summed E-state index contributed by atoms with van der Waals surface area (Å²) in [4.78, 5) is 13.2. The summed E-state index contributed by atoms with van der Waals surface area (Å²) < 4.78 is 1.80. The van der Waals surface area contributed by atoms with E-state index in [4.69, 9.17) is 0 Å². The third-order valence-electron chi connectivity index (χ3n) is 2.77. The van der Waals surface area contributed by atoms with Crippen LogP contribution >= 0.6 is 24.8 Å². The normalized spacial score (nSPS) is 14.8. The van der Waals surface area contributed by atoms with Gasteiger partial charge in [0.25, 0.3) is 0 Å². The van der Waals surface area contributed by atoms with E-state index in [0.717, 1.165) is 49.5 Å². The summed E-state index contributed by atoms with van der Waals surface area (Å²) in [5, 5.41) is 7.57. The third-order valence-corrected chi connectivity index (χ3v) is 2.77. The Bertz CT molecular complexity index is 375. The van der Waals surface area contributed by atoms with Gasteiger partial charge >= 0.3 is 0 Å². The van der Waals surface area contributed by atoms with E-state index in [9.17, 15) is 4.79 Å². The molecule has 0 saturated carbocycles. The summed E-state index contributed by atoms with van der Waals surface area (Å²) in [5.74, 6) is 0.948. The molecule has 17 heavy (non-hydrogen) atoms. The van der Waals surface area contributed by atoms with Gasteiger partial charge in [0, 0.05) is 33.2 Å². The lowest BCUT2D eigenvalue weighted by molar-refractivity contribution is 0.112. The first-order chi connectivity index (χ1) is 7.24. The molecule has 1 aliphatic rings. The van der Waals surface area contributed by atoms with Crippen LogP contribution in [0.2, 0.25) is 0 Å². The lowest BCUT2D eigenvalue weighted by Gasteiger charge is -2.29. The van der Waals surface area contributed by atoms with Crippen molar-refractivity contribution in [1.82, 2.24) is 15.1 Å². The molecule has 1 N–H and O–H groups in total. The van der Waals surface area contributed by atoms with Crippen molar-refractivity contribution in [3.8, 4) is 0 Å². The fourth-order valence-electron chi connectivity index (χ4n) is 2.05. The molecule has 0 aromatic carbocycles. The average molecular weight is 281 g/mol. The first-order valence-electron chi connectivity index (χ1n) is 5.18. The highest BCUT2D eigenvalue weighted by Gasteiger charge is 2.20. The first kappa shape index (κ1) is 16.2. The minimum absolute atomic E-state index is 0. The Morgan fingerprint density at radius 3 is 2.41 bits per heavy atom. The summed E-state index contributed by atoms with van der Waals surface area (Å²) >= 11 is 0. The van der Waals surface area contributed by atoms with Crippen LogP contribution in [0.5, 0.6) is 0 Å². The second-order valence-corrected chi connectivity index (χ2v) is 3.80. The van der Waals surface area contributed by atoms with Crippen molar-refractivity contribution in [2.75, 3.05) is 31.1 Å². The fraction of sp³-hybridized carbons (Fsp3) is 0.600. The number of anilines is 1. The van der Waals surface area contributed by atoms with E-state index in [-0.39, 0.29) is 24.8 Å². The van der Waals surface area contributed by atoms with Gasteiger partial charge in [-0.15, -0.1) is 24.8 Å². The lowest BCUT2D eigenvalue weighted by Crippen LogP contribution is -2.44. The van der Waals surface area contributed by atoms with E-state index in [0.29, 0.717) is 0 Å². The maximum atomic E-state index is 11.0. The SMILES string of the molecule is Cc1nn(C)c(N2CCNCC2)c1C=O.Cl.Cl. The number of carbonyl (C=O) groups excluding carboxylic acids is 1. The predicted octanol–water partition coefficient (Wildman–Crippen LogP) is 0.794. The molecule has 1 aromatic rings. The molecule has 0 spiro atoms. The van der Waals surface area contributed by atoms with Gasteiger partial charge in [-0.05, 0) is 6.92 Å². The molecule has 0 unspecified atom stereocenters. The van der Waals surface area contributed by atoms with Crippen LogP contribution in [0.15, 0.2) is 0 Å². The van der Waals surface area contributed by atoms with Crippen LogP contribution in [-0.2, 0) is 7.05 Å². The van der Waals surface area contributed by atoms with Gasteiger partial charge in [-0.3, -0.25) is 9.48 Å². The zero-order valence-corrected chi connectivity index (χ0v) is 11.6. The molecule has 7 heteroatoms. The summed E-state index contributed by atoms with van der Waals surface area (Å²) in [6.45, 7) is 5.65. The second-order valence-electron chi connectivity index (χ2n) is 3.80. The van der Waals surface area contributed by atoms with Gasteiger partial charge in [0.2, 0.25) is 0 Å². The van der Waals surface area contributed by atoms with E-state index in [1.54, 1.807) is 4.68 Å². The number of aldehydes is 1. The van der Waals surface area contributed by atoms with Gasteiger partial charge in [-0.25, -0.2) is 0 Å². The highest BCUT2D eigenvalue weighted by Crippen LogP contribution is 2.21. The summed E-state index contributed by atoms with van der Waals surface area (Å²) in [5.41, 5.74) is 1.53. The Morgan fingerprint density at radius 2 is 1.88 bits per heavy atom. The second kappa shape index (κ2) is 6.83. The van der Waals surface area contributed by atoms with Crippen LogP contribution in [-0.4, -0.2) is 42.2 Å². The van der Waals surface area contributed by atoms with Gasteiger partial charge in [0.15, 0.2) is 6.29 Å². The molecule has 1 fully saturated rings. The average Bonchev–Trinajstić information content (AvgIpc) is 2.54. The number of hydrogen-bond acceptors (Lipinski definition) is 4. The van der Waals surface area contributed by atoms with Crippen molar-refractivity contribution in [1.29, 1.82) is 0 Å². The van der Waals surface area contributed by atoms with Crippen molar-refractivity contribution >= 4 is 36.9 Å². The van der Waals surface area contributed by atoms with Crippen molar-refractivity contribution in [2.45, 2.75) is 6.92 Å². The maximum absolute atomic E-state index is 11.0. The number of rotatable bonds is 2. The minimum Gasteiger partial charge on any atom is -0.354 e. The maximum Gasteiger partial charge on any atom is 0.155 e. The number of halogens is 2. The van der Waals surface area contributed by atoms with Gasteiger partial charge in [-0.2, -0.15) is 5.10 Å². The van der Waals surface area contributed by atoms with Crippen molar-refractivity contribution in [2.24, 2.45) is 7.05 Å². The van der Waals surface area contributed by atoms with Crippen LogP contribution in [0.4, 0.5) is 5.82 Å². The van der Waals surface area contributed by atoms with Crippen LogP contribution in [0.1, 0.15) is 16.1 Å². The minimum atomic E-state index is 0. The van der Waals surface area contributed by atoms with Crippen LogP contribution in [0, 0.1) is 6.92 Å². The number of aromatic nitrogens is 2. The largest absolute Gasteiger partial charge is 0.354 e. The first-order valence-corrected chi connectivity index (χ1v) is 5.18. The predicted molar refractivity (Wildman–Crippen MR) is 72.9 cm³/mol. The van der Waals surface area contributed by atoms with Gasteiger partial charge in [-0.1, -0.05) is 0 Å². The molecule has 0 bridgehead atoms. The molecule has 98 valence electrons. The Kier molecular flexibility index (Phi) is 6.52. The lowest BCUT2D eigenvalue weighted by atomic mass is 10.2. The zero-order valence-electron chi connectivity index (χ0n) is 9.97. The van der Waals surface area contributed by atoms with Crippen molar-refractivity contribution in [3.63, 3.8) is 0 Å². The van der Waals surface area contributed by atoms with Gasteiger partial charge in [0.1, 0.15) is 5.82 Å². The number of piperazine rings is 1. The van der Waals surface area contributed by atoms with Gasteiger partial charge < -0.3 is 10.2 Å². The Labute approximate surface area is 113 Å². The molecule has 0 atom stereocenters. The summed E-state index contributed by atoms with van der Waals surface area (Å²) in [7, 11) is 1.89. The molecule has 2 rings (SSSR count). The smallest absolute Gasteiger partial charge is 0.155 e. The quantitative estimate of drug-likeness (QED) is 0.814. The third kappa shape index (κ3) is 3.12. The molecule has 1 saturated heterocycles. The molecule has 0 amide bonds. The number of nitrogens with one attached hydrogen (secondary N) is 1. The standard InChI is InChI=1S/C10H16N4O.2ClH/c1-8-9(7-15)10(13(2)12-8)14-5-3-11-4-6-14;;/h7,11H,3-6H2,1-2H3;2*1H. The van der Waals surface area contributed by atoms with E-state index in [2.05, 4.69) is 15.3 Å². The highest BCUT2D eigenvalue weighted by molar-refractivity contribution is 5.86. The zero-order chi connectivity index (χ0) is 10.8. The molecule has 1 aliphatic heterocycles. The monoisotopic (exact) mass is 280 g/mol. The van der Waals surface area contributed by atoms with Crippen LogP contribution in [0.3, 0.4) is 0 Å². The molecule has 1 aromatic heterocycles.